The van der Waals surface area contributed by atoms with E-state index in [1.165, 1.54) is 7.11 Å². The van der Waals surface area contributed by atoms with Crippen molar-refractivity contribution < 1.29 is 28.2 Å². The summed E-state index contributed by atoms with van der Waals surface area (Å²) in [6.45, 7) is 7.15. The predicted octanol–water partition coefficient (Wildman–Crippen LogP) is 4.53. The number of benzene rings is 3. The molecule has 4 atom stereocenters. The lowest BCUT2D eigenvalue weighted by Crippen LogP contribution is -2.69. The normalized spacial score (nSPS) is 22.6. The van der Waals surface area contributed by atoms with Gasteiger partial charge in [-0.25, -0.2) is 4.79 Å². The van der Waals surface area contributed by atoms with E-state index in [0.29, 0.717) is 24.3 Å². The number of methoxy groups -OCH3 is 2. The van der Waals surface area contributed by atoms with Crippen molar-refractivity contribution in [3.63, 3.8) is 0 Å². The zero-order chi connectivity index (χ0) is 27.6. The van der Waals surface area contributed by atoms with Crippen LogP contribution in [0.4, 0.5) is 0 Å². The monoisotopic (exact) mass is 546 g/mol. The third-order valence-corrected chi connectivity index (χ3v) is 12.7. The summed E-state index contributed by atoms with van der Waals surface area (Å²) in [5, 5.41) is 2.02. The quantitative estimate of drug-likeness (QED) is 0.223. The number of hydrogen-bond acceptors (Lipinski definition) is 6. The van der Waals surface area contributed by atoms with E-state index in [1.807, 2.05) is 30.3 Å². The second-order valence-electron chi connectivity index (χ2n) is 11.4. The lowest BCUT2D eigenvalue weighted by Gasteiger charge is -2.43. The van der Waals surface area contributed by atoms with Crippen LogP contribution in [0.25, 0.3) is 0 Å². The van der Waals surface area contributed by atoms with Crippen LogP contribution in [0.3, 0.4) is 0 Å². The molecule has 206 valence electrons. The van der Waals surface area contributed by atoms with E-state index < -0.39 is 14.3 Å². The van der Waals surface area contributed by atoms with E-state index in [4.69, 9.17) is 23.4 Å². The topological polar surface area (TPSA) is 66.5 Å². The fraction of sp³-hybridized carbons (Fsp3) is 0.406. The molecule has 2 saturated heterocycles. The van der Waals surface area contributed by atoms with Gasteiger partial charge in [0.2, 0.25) is 0 Å². The van der Waals surface area contributed by atoms with Gasteiger partial charge in [0, 0.05) is 13.5 Å². The largest absolute Gasteiger partial charge is 0.533 e. The highest BCUT2D eigenvalue weighted by Gasteiger charge is 2.53. The van der Waals surface area contributed by atoms with Crippen LogP contribution < -0.4 is 14.8 Å². The number of rotatable bonds is 9. The zero-order valence-corrected chi connectivity index (χ0v) is 24.4. The average Bonchev–Trinajstić information content (AvgIpc) is 3.72. The highest BCUT2D eigenvalue weighted by atomic mass is 28.4. The van der Waals surface area contributed by atoms with Gasteiger partial charge in [-0.3, -0.25) is 0 Å². The van der Waals surface area contributed by atoms with Gasteiger partial charge >= 0.3 is 14.3 Å². The summed E-state index contributed by atoms with van der Waals surface area (Å²) < 4.78 is 30.1. The Labute approximate surface area is 232 Å². The van der Waals surface area contributed by atoms with Crippen LogP contribution in [0.2, 0.25) is 5.04 Å². The first kappa shape index (κ1) is 27.6. The first-order valence-corrected chi connectivity index (χ1v) is 15.5. The standard InChI is InChI=1S/C32H38O6Si/c1-32(2,3)39(24-14-8-6-9-15-24,25-16-10-7-11-17-25)38-26-18-12-13-22(29(26)31(33)35-5)19-23-20-27-30(37-27)28(36-23)21-34-4/h6-18,23,27-28,30H,19-21H2,1-5H3/t23-,27-,28-,30-/m0/s1. The van der Waals surface area contributed by atoms with E-state index in [-0.39, 0.29) is 29.5 Å². The molecule has 0 aliphatic carbocycles. The number of carbonyl (C=O) groups is 1. The molecule has 0 radical (unpaired) electrons. The van der Waals surface area contributed by atoms with Crippen molar-refractivity contribution in [2.45, 2.75) is 63.1 Å². The number of fused-ring (bicyclic) bond motifs is 1. The number of esters is 1. The average molecular weight is 547 g/mol. The summed E-state index contributed by atoms with van der Waals surface area (Å²) in [4.78, 5) is 13.4. The molecule has 2 fully saturated rings. The summed E-state index contributed by atoms with van der Waals surface area (Å²) in [6, 6.07) is 26.6. The molecule has 0 spiro atoms. The van der Waals surface area contributed by atoms with Gasteiger partial charge in [0.05, 0.1) is 25.9 Å². The van der Waals surface area contributed by atoms with Crippen LogP contribution in [0.15, 0.2) is 78.9 Å². The van der Waals surface area contributed by atoms with Crippen LogP contribution in [0, 0.1) is 0 Å². The van der Waals surface area contributed by atoms with Crippen LogP contribution in [-0.4, -0.2) is 59.5 Å². The minimum atomic E-state index is -2.96. The first-order chi connectivity index (χ1) is 18.8. The minimum Gasteiger partial charge on any atom is -0.533 e. The summed E-state index contributed by atoms with van der Waals surface area (Å²) in [7, 11) is 0.132. The fourth-order valence-electron chi connectivity index (χ4n) is 5.97. The molecular weight excluding hydrogens is 508 g/mol. The maximum atomic E-state index is 13.4. The van der Waals surface area contributed by atoms with E-state index in [9.17, 15) is 4.79 Å². The highest BCUT2D eigenvalue weighted by Crippen LogP contribution is 2.41. The fourth-order valence-corrected chi connectivity index (χ4v) is 10.4. The maximum Gasteiger partial charge on any atom is 0.341 e. The summed E-state index contributed by atoms with van der Waals surface area (Å²) >= 11 is 0. The molecule has 39 heavy (non-hydrogen) atoms. The van der Waals surface area contributed by atoms with E-state index in [0.717, 1.165) is 22.4 Å². The molecule has 0 bridgehead atoms. The van der Waals surface area contributed by atoms with E-state index in [1.54, 1.807) is 7.11 Å². The molecular formula is C32H38O6Si. The van der Waals surface area contributed by atoms with Crippen LogP contribution >= 0.6 is 0 Å². The van der Waals surface area contributed by atoms with Gasteiger partial charge in [0.1, 0.15) is 23.5 Å². The molecule has 2 aliphatic heterocycles. The lowest BCUT2D eigenvalue weighted by atomic mass is 9.95. The summed E-state index contributed by atoms with van der Waals surface area (Å²) in [5.74, 6) is 0.127. The number of ether oxygens (including phenoxy) is 4. The van der Waals surface area contributed by atoms with Gasteiger partial charge in [-0.1, -0.05) is 93.6 Å². The van der Waals surface area contributed by atoms with Gasteiger partial charge in [0.25, 0.3) is 0 Å². The predicted molar refractivity (Wildman–Crippen MR) is 154 cm³/mol. The molecule has 0 amide bonds. The molecule has 0 unspecified atom stereocenters. The molecule has 7 heteroatoms. The van der Waals surface area contributed by atoms with Gasteiger partial charge in [-0.15, -0.1) is 0 Å². The molecule has 2 heterocycles. The summed E-state index contributed by atoms with van der Waals surface area (Å²) in [5.41, 5.74) is 1.30. The molecule has 0 aromatic heterocycles. The maximum absolute atomic E-state index is 13.4. The Bertz CT molecular complexity index is 1230. The SMILES string of the molecule is COC[C@@H]1O[C@@H](Cc2cccc(O[Si](c3ccccc3)(c3ccccc3)C(C)(C)C)c2C(=O)OC)C[C@@H]2O[C@H]12. The van der Waals surface area contributed by atoms with Crippen LogP contribution in [0.5, 0.6) is 5.75 Å². The van der Waals surface area contributed by atoms with Crippen LogP contribution in [-0.2, 0) is 25.4 Å². The Morgan fingerprint density at radius 1 is 0.897 bits per heavy atom. The molecule has 2 aliphatic rings. The van der Waals surface area contributed by atoms with Crippen molar-refractivity contribution in [2.75, 3.05) is 20.8 Å². The lowest BCUT2D eigenvalue weighted by molar-refractivity contribution is -0.0688. The smallest absolute Gasteiger partial charge is 0.341 e. The van der Waals surface area contributed by atoms with Crippen molar-refractivity contribution in [1.29, 1.82) is 0 Å². The Hall–Kier alpha value is -2.97. The molecule has 0 N–H and O–H groups in total. The Morgan fingerprint density at radius 2 is 1.54 bits per heavy atom. The van der Waals surface area contributed by atoms with Gasteiger partial charge < -0.3 is 23.4 Å². The second kappa shape index (κ2) is 11.3. The van der Waals surface area contributed by atoms with Crippen molar-refractivity contribution in [1.82, 2.24) is 0 Å². The zero-order valence-electron chi connectivity index (χ0n) is 23.4. The van der Waals surface area contributed by atoms with Crippen molar-refractivity contribution in [2.24, 2.45) is 0 Å². The van der Waals surface area contributed by atoms with E-state index in [2.05, 4.69) is 69.3 Å². The molecule has 6 nitrogen and oxygen atoms in total. The minimum absolute atomic E-state index is 0.0968. The van der Waals surface area contributed by atoms with Gasteiger partial charge in [-0.2, -0.15) is 0 Å². The molecule has 3 aromatic carbocycles. The molecule has 5 rings (SSSR count). The van der Waals surface area contributed by atoms with Crippen LogP contribution in [0.1, 0.15) is 43.1 Å². The highest BCUT2D eigenvalue weighted by molar-refractivity contribution is 7.00. The third-order valence-electron chi connectivity index (χ3n) is 7.81. The Balaban J connectivity index is 1.58. The molecule has 0 saturated carbocycles. The number of hydrogen-bond donors (Lipinski definition) is 0. The second-order valence-corrected chi connectivity index (χ2v) is 15.6. The summed E-state index contributed by atoms with van der Waals surface area (Å²) in [6.07, 6.45) is 1.42. The third kappa shape index (κ3) is 5.41. The van der Waals surface area contributed by atoms with E-state index >= 15 is 0 Å². The Morgan fingerprint density at radius 3 is 2.10 bits per heavy atom. The van der Waals surface area contributed by atoms with Crippen molar-refractivity contribution >= 4 is 24.7 Å². The Kier molecular flexibility index (Phi) is 7.96. The van der Waals surface area contributed by atoms with Gasteiger partial charge in [0.15, 0.2) is 0 Å². The number of carbonyl (C=O) groups excluding carboxylic acids is 1. The first-order valence-electron chi connectivity index (χ1n) is 13.6. The van der Waals surface area contributed by atoms with Gasteiger partial charge in [-0.05, 0) is 33.5 Å². The molecule has 3 aromatic rings. The van der Waals surface area contributed by atoms with Crippen molar-refractivity contribution in [3.05, 3.63) is 90.0 Å². The number of epoxide rings is 1. The van der Waals surface area contributed by atoms with Crippen molar-refractivity contribution in [3.8, 4) is 5.75 Å².